The molecule has 0 aromatic heterocycles. The van der Waals surface area contributed by atoms with Gasteiger partial charge in [0.1, 0.15) is 5.75 Å². The Morgan fingerprint density at radius 2 is 2.24 bits per heavy atom. The lowest BCUT2D eigenvalue weighted by atomic mass is 10.1. The summed E-state index contributed by atoms with van der Waals surface area (Å²) in [5.74, 6) is -0.114. The molecule has 1 atom stereocenters. The third-order valence-electron chi connectivity index (χ3n) is 3.54. The van der Waals surface area contributed by atoms with Gasteiger partial charge in [-0.3, -0.25) is 0 Å². The maximum absolute atomic E-state index is 12.6. The van der Waals surface area contributed by atoms with Crippen LogP contribution in [0.3, 0.4) is 0 Å². The number of aromatic hydroxyl groups is 1. The third kappa shape index (κ3) is 3.66. The number of nitrogens with two attached hydrogens (primary N) is 1. The Morgan fingerprint density at radius 1 is 1.48 bits per heavy atom. The Hall–Kier alpha value is -1.31. The van der Waals surface area contributed by atoms with Crippen LogP contribution in [-0.4, -0.2) is 43.6 Å². The Bertz CT molecular complexity index is 589. The molecule has 0 bridgehead atoms. The minimum absolute atomic E-state index is 0.0528. The normalized spacial score (nSPS) is 20.5. The van der Waals surface area contributed by atoms with E-state index in [1.807, 2.05) is 6.92 Å². The first-order valence-electron chi connectivity index (χ1n) is 7.15. The summed E-state index contributed by atoms with van der Waals surface area (Å²) in [5, 5.41) is 9.41. The number of rotatable bonds is 5. The molecule has 0 aliphatic carbocycles. The fourth-order valence-electron chi connectivity index (χ4n) is 2.39. The van der Waals surface area contributed by atoms with Crippen molar-refractivity contribution in [2.45, 2.75) is 37.2 Å². The van der Waals surface area contributed by atoms with Gasteiger partial charge in [-0.1, -0.05) is 6.92 Å². The molecule has 1 aromatic rings. The number of ether oxygens (including phenoxy) is 1. The van der Waals surface area contributed by atoms with Gasteiger partial charge in [-0.05, 0) is 37.5 Å². The van der Waals surface area contributed by atoms with Crippen LogP contribution in [0.25, 0.3) is 0 Å². The van der Waals surface area contributed by atoms with E-state index >= 15 is 0 Å². The SMILES string of the molecule is CCCOC1CCCN(S(=O)(=O)c2ccc(O)c(N)c2)C1. The molecule has 0 radical (unpaired) electrons. The number of hydrogen-bond acceptors (Lipinski definition) is 5. The van der Waals surface area contributed by atoms with Gasteiger partial charge < -0.3 is 15.6 Å². The van der Waals surface area contributed by atoms with Crippen LogP contribution < -0.4 is 5.73 Å². The van der Waals surface area contributed by atoms with E-state index in [0.717, 1.165) is 19.3 Å². The van der Waals surface area contributed by atoms with Crippen molar-refractivity contribution in [1.29, 1.82) is 0 Å². The molecule has 1 aliphatic rings. The predicted molar refractivity (Wildman–Crippen MR) is 80.5 cm³/mol. The molecule has 0 amide bonds. The molecule has 1 fully saturated rings. The Kier molecular flexibility index (Phi) is 5.08. The summed E-state index contributed by atoms with van der Waals surface area (Å²) in [7, 11) is -3.60. The first-order chi connectivity index (χ1) is 9.95. The number of sulfonamides is 1. The van der Waals surface area contributed by atoms with Gasteiger partial charge in [-0.15, -0.1) is 0 Å². The fourth-order valence-corrected chi connectivity index (χ4v) is 3.93. The number of benzene rings is 1. The molecule has 3 N–H and O–H groups in total. The number of nitrogens with zero attached hydrogens (tertiary/aromatic N) is 1. The number of hydrogen-bond donors (Lipinski definition) is 2. The third-order valence-corrected chi connectivity index (χ3v) is 5.40. The summed E-state index contributed by atoms with van der Waals surface area (Å²) in [5.41, 5.74) is 5.64. The van der Waals surface area contributed by atoms with E-state index < -0.39 is 10.0 Å². The van der Waals surface area contributed by atoms with Gasteiger partial charge in [0, 0.05) is 19.7 Å². The van der Waals surface area contributed by atoms with Crippen LogP contribution in [0.1, 0.15) is 26.2 Å². The molecule has 6 nitrogen and oxygen atoms in total. The lowest BCUT2D eigenvalue weighted by molar-refractivity contribution is 0.0193. The number of phenolic OH excluding ortho intramolecular Hbond substituents is 1. The summed E-state index contributed by atoms with van der Waals surface area (Å²) >= 11 is 0. The molecule has 7 heteroatoms. The second kappa shape index (κ2) is 6.64. The average molecular weight is 314 g/mol. The second-order valence-corrected chi connectivity index (χ2v) is 7.16. The highest BCUT2D eigenvalue weighted by atomic mass is 32.2. The van der Waals surface area contributed by atoms with Crippen LogP contribution in [0.4, 0.5) is 5.69 Å². The minimum atomic E-state index is -3.60. The maximum Gasteiger partial charge on any atom is 0.243 e. The Morgan fingerprint density at radius 3 is 2.90 bits per heavy atom. The highest BCUT2D eigenvalue weighted by Crippen LogP contribution is 2.27. The van der Waals surface area contributed by atoms with Gasteiger partial charge in [0.05, 0.1) is 16.7 Å². The van der Waals surface area contributed by atoms with Crippen LogP contribution in [-0.2, 0) is 14.8 Å². The molecule has 1 aromatic carbocycles. The first kappa shape index (κ1) is 16.1. The van der Waals surface area contributed by atoms with Crippen molar-refractivity contribution in [3.63, 3.8) is 0 Å². The van der Waals surface area contributed by atoms with Crippen LogP contribution in [0, 0.1) is 0 Å². The smallest absolute Gasteiger partial charge is 0.243 e. The molecule has 1 aliphatic heterocycles. The topological polar surface area (TPSA) is 92.9 Å². The van der Waals surface area contributed by atoms with Gasteiger partial charge in [0.15, 0.2) is 0 Å². The summed E-state index contributed by atoms with van der Waals surface area (Å²) < 4.78 is 32.3. The quantitative estimate of drug-likeness (QED) is 0.635. The van der Waals surface area contributed by atoms with Crippen LogP contribution in [0.15, 0.2) is 23.1 Å². The van der Waals surface area contributed by atoms with Crippen LogP contribution in [0.2, 0.25) is 0 Å². The van der Waals surface area contributed by atoms with Crippen molar-refractivity contribution in [2.24, 2.45) is 0 Å². The summed E-state index contributed by atoms with van der Waals surface area (Å²) in [6.07, 6.45) is 2.52. The number of nitrogen functional groups attached to an aromatic ring is 1. The lowest BCUT2D eigenvalue weighted by Gasteiger charge is -2.31. The molecule has 0 spiro atoms. The number of anilines is 1. The van der Waals surface area contributed by atoms with E-state index in [1.165, 1.54) is 22.5 Å². The zero-order valence-electron chi connectivity index (χ0n) is 12.2. The largest absolute Gasteiger partial charge is 0.506 e. The monoisotopic (exact) mass is 314 g/mol. The molecule has 21 heavy (non-hydrogen) atoms. The number of piperidine rings is 1. The maximum atomic E-state index is 12.6. The standard InChI is InChI=1S/C14H22N2O4S/c1-2-8-20-11-4-3-7-16(10-11)21(18,19)12-5-6-14(17)13(15)9-12/h5-6,9,11,17H,2-4,7-8,10,15H2,1H3. The van der Waals surface area contributed by atoms with E-state index in [0.29, 0.717) is 19.7 Å². The van der Waals surface area contributed by atoms with Gasteiger partial charge in [-0.25, -0.2) is 8.42 Å². The van der Waals surface area contributed by atoms with Crippen molar-refractivity contribution in [1.82, 2.24) is 4.31 Å². The lowest BCUT2D eigenvalue weighted by Crippen LogP contribution is -2.43. The van der Waals surface area contributed by atoms with E-state index in [1.54, 1.807) is 0 Å². The van der Waals surface area contributed by atoms with E-state index in [9.17, 15) is 13.5 Å². The van der Waals surface area contributed by atoms with E-state index in [-0.39, 0.29) is 22.4 Å². The summed E-state index contributed by atoms with van der Waals surface area (Å²) in [4.78, 5) is 0.106. The molecule has 1 heterocycles. The number of phenols is 1. The molecular weight excluding hydrogens is 292 g/mol. The zero-order valence-corrected chi connectivity index (χ0v) is 13.0. The van der Waals surface area contributed by atoms with Crippen LogP contribution >= 0.6 is 0 Å². The van der Waals surface area contributed by atoms with Gasteiger partial charge in [0.25, 0.3) is 0 Å². The minimum Gasteiger partial charge on any atom is -0.506 e. The molecule has 1 saturated heterocycles. The first-order valence-corrected chi connectivity index (χ1v) is 8.59. The van der Waals surface area contributed by atoms with Crippen molar-refractivity contribution in [3.05, 3.63) is 18.2 Å². The van der Waals surface area contributed by atoms with Crippen molar-refractivity contribution in [3.8, 4) is 5.75 Å². The van der Waals surface area contributed by atoms with E-state index in [2.05, 4.69) is 0 Å². The van der Waals surface area contributed by atoms with Gasteiger partial charge >= 0.3 is 0 Å². The molecule has 2 rings (SSSR count). The predicted octanol–water partition coefficient (Wildman–Crippen LogP) is 1.55. The highest BCUT2D eigenvalue weighted by Gasteiger charge is 2.30. The van der Waals surface area contributed by atoms with Crippen molar-refractivity contribution < 1.29 is 18.3 Å². The second-order valence-electron chi connectivity index (χ2n) is 5.22. The summed E-state index contributed by atoms with van der Waals surface area (Å²) in [6.45, 7) is 3.51. The molecular formula is C14H22N2O4S. The van der Waals surface area contributed by atoms with Crippen molar-refractivity contribution >= 4 is 15.7 Å². The van der Waals surface area contributed by atoms with Crippen molar-refractivity contribution in [2.75, 3.05) is 25.4 Å². The zero-order chi connectivity index (χ0) is 15.5. The fraction of sp³-hybridized carbons (Fsp3) is 0.571. The molecule has 118 valence electrons. The Labute approximate surface area is 125 Å². The molecule has 1 unspecified atom stereocenters. The van der Waals surface area contributed by atoms with Crippen LogP contribution in [0.5, 0.6) is 5.75 Å². The van der Waals surface area contributed by atoms with E-state index in [4.69, 9.17) is 10.5 Å². The molecule has 0 saturated carbocycles. The Balaban J connectivity index is 2.16. The summed E-state index contributed by atoms with van der Waals surface area (Å²) in [6, 6.07) is 3.97. The van der Waals surface area contributed by atoms with Gasteiger partial charge in [-0.2, -0.15) is 4.31 Å². The average Bonchev–Trinajstić information content (AvgIpc) is 2.48. The highest BCUT2D eigenvalue weighted by molar-refractivity contribution is 7.89. The van der Waals surface area contributed by atoms with Gasteiger partial charge in [0.2, 0.25) is 10.0 Å².